The van der Waals surface area contributed by atoms with Crippen LogP contribution in [0.1, 0.15) is 34.6 Å². The largest absolute Gasteiger partial charge is 0.487 e. The predicted octanol–water partition coefficient (Wildman–Crippen LogP) is 5.21. The van der Waals surface area contributed by atoms with Gasteiger partial charge in [0.1, 0.15) is 18.1 Å². The van der Waals surface area contributed by atoms with E-state index in [1.807, 2.05) is 0 Å². The molecule has 3 aromatic rings. The number of amides is 1. The number of anilines is 1. The molecule has 10 heteroatoms. The summed E-state index contributed by atoms with van der Waals surface area (Å²) < 4.78 is 60.0. The molecule has 1 amide bonds. The molecule has 0 saturated carbocycles. The number of fused-ring (bicyclic) bond motifs is 1. The van der Waals surface area contributed by atoms with Gasteiger partial charge in [-0.25, -0.2) is 13.8 Å². The molecule has 0 radical (unpaired) electrons. The van der Waals surface area contributed by atoms with Gasteiger partial charge in [-0.3, -0.25) is 4.79 Å². The summed E-state index contributed by atoms with van der Waals surface area (Å²) in [7, 11) is 0. The second-order valence-corrected chi connectivity index (χ2v) is 7.56. The van der Waals surface area contributed by atoms with Crippen LogP contribution < -0.4 is 14.4 Å². The minimum absolute atomic E-state index is 0.0493. The highest BCUT2D eigenvalue weighted by atomic mass is 19.3. The summed E-state index contributed by atoms with van der Waals surface area (Å²) in [5, 5.41) is 10.2. The Kier molecular flexibility index (Phi) is 6.69. The first-order valence-corrected chi connectivity index (χ1v) is 10.3. The van der Waals surface area contributed by atoms with E-state index >= 15 is 0 Å². The number of carbonyl (C=O) groups is 1. The molecule has 2 aromatic carbocycles. The topological polar surface area (TPSA) is 71.9 Å². The van der Waals surface area contributed by atoms with Crippen molar-refractivity contribution in [3.63, 3.8) is 0 Å². The highest BCUT2D eigenvalue weighted by molar-refractivity contribution is 6.11. The molecule has 1 N–H and O–H groups in total. The fraction of sp³-hybridized carbons (Fsp3) is 0.250. The summed E-state index contributed by atoms with van der Waals surface area (Å²) in [6, 6.07) is 13.6. The molecule has 0 spiro atoms. The fourth-order valence-electron chi connectivity index (χ4n) is 3.71. The SMILES string of the molecule is C[C@@H](O)c1cc2c(c(-c3ccccc3OCC(F)F)n1)CN(c1ccc(OC(F)F)cc1)C2=O. The third-order valence-electron chi connectivity index (χ3n) is 5.24. The second kappa shape index (κ2) is 9.68. The molecule has 0 fully saturated rings. The van der Waals surface area contributed by atoms with Crippen molar-refractivity contribution in [1.82, 2.24) is 4.98 Å². The molecular formula is C24H20F4N2O4. The first kappa shape index (κ1) is 23.5. The normalized spacial score (nSPS) is 14.0. The van der Waals surface area contributed by atoms with Gasteiger partial charge in [0.15, 0.2) is 0 Å². The van der Waals surface area contributed by atoms with E-state index in [1.54, 1.807) is 18.2 Å². The number of nitrogens with zero attached hydrogens (tertiary/aromatic N) is 2. The third kappa shape index (κ3) is 4.81. The van der Waals surface area contributed by atoms with Crippen molar-refractivity contribution in [3.8, 4) is 22.8 Å². The highest BCUT2D eigenvalue weighted by Gasteiger charge is 2.33. The number of para-hydroxylation sites is 1. The summed E-state index contributed by atoms with van der Waals surface area (Å²) >= 11 is 0. The van der Waals surface area contributed by atoms with Crippen molar-refractivity contribution in [2.45, 2.75) is 32.6 Å². The highest BCUT2D eigenvalue weighted by Crippen LogP contribution is 2.39. The van der Waals surface area contributed by atoms with E-state index in [2.05, 4.69) is 9.72 Å². The second-order valence-electron chi connectivity index (χ2n) is 7.56. The maximum atomic E-state index is 13.3. The van der Waals surface area contributed by atoms with Crippen LogP contribution in [0.2, 0.25) is 0 Å². The third-order valence-corrected chi connectivity index (χ3v) is 5.24. The van der Waals surface area contributed by atoms with Crippen molar-refractivity contribution in [3.05, 3.63) is 71.4 Å². The Bertz CT molecular complexity index is 1190. The molecule has 0 aliphatic carbocycles. The first-order chi connectivity index (χ1) is 16.2. The summed E-state index contributed by atoms with van der Waals surface area (Å²) in [5.74, 6) is -0.263. The molecule has 2 heterocycles. The van der Waals surface area contributed by atoms with Crippen LogP contribution in [0.4, 0.5) is 23.2 Å². The zero-order valence-corrected chi connectivity index (χ0v) is 17.9. The molecular weight excluding hydrogens is 456 g/mol. The number of rotatable bonds is 8. The van der Waals surface area contributed by atoms with Gasteiger partial charge in [-0.1, -0.05) is 12.1 Å². The number of hydrogen-bond acceptors (Lipinski definition) is 5. The van der Waals surface area contributed by atoms with Gasteiger partial charge in [0.2, 0.25) is 0 Å². The predicted molar refractivity (Wildman–Crippen MR) is 115 cm³/mol. The lowest BCUT2D eigenvalue weighted by Gasteiger charge is -2.17. The number of alkyl halides is 4. The number of pyridine rings is 1. The average Bonchev–Trinajstić information content (AvgIpc) is 3.14. The van der Waals surface area contributed by atoms with E-state index < -0.39 is 25.7 Å². The van der Waals surface area contributed by atoms with E-state index in [-0.39, 0.29) is 35.2 Å². The number of halogens is 4. The molecule has 178 valence electrons. The van der Waals surface area contributed by atoms with Gasteiger partial charge in [0.25, 0.3) is 12.3 Å². The van der Waals surface area contributed by atoms with E-state index in [1.165, 1.54) is 48.2 Å². The maximum absolute atomic E-state index is 13.3. The average molecular weight is 476 g/mol. The molecule has 1 aliphatic rings. The van der Waals surface area contributed by atoms with Gasteiger partial charge in [-0.2, -0.15) is 8.78 Å². The van der Waals surface area contributed by atoms with Crippen LogP contribution in [0.3, 0.4) is 0 Å². The quantitative estimate of drug-likeness (QED) is 0.452. The van der Waals surface area contributed by atoms with Gasteiger partial charge < -0.3 is 19.5 Å². The molecule has 0 bridgehead atoms. The van der Waals surface area contributed by atoms with Gasteiger partial charge >= 0.3 is 6.61 Å². The van der Waals surface area contributed by atoms with Gasteiger partial charge in [0.05, 0.1) is 24.0 Å². The Balaban J connectivity index is 1.75. The Hall–Kier alpha value is -3.66. The molecule has 1 aromatic heterocycles. The smallest absolute Gasteiger partial charge is 0.387 e. The molecule has 34 heavy (non-hydrogen) atoms. The summed E-state index contributed by atoms with van der Waals surface area (Å²) in [6.45, 7) is -2.19. The van der Waals surface area contributed by atoms with Crippen molar-refractivity contribution in [1.29, 1.82) is 0 Å². The first-order valence-electron chi connectivity index (χ1n) is 10.3. The van der Waals surface area contributed by atoms with Crippen LogP contribution in [0.5, 0.6) is 11.5 Å². The Morgan fingerprint density at radius 3 is 2.41 bits per heavy atom. The zero-order valence-electron chi connectivity index (χ0n) is 17.9. The van der Waals surface area contributed by atoms with Crippen LogP contribution in [-0.4, -0.2) is 35.6 Å². The minimum Gasteiger partial charge on any atom is -0.487 e. The van der Waals surface area contributed by atoms with Crippen LogP contribution in [-0.2, 0) is 6.54 Å². The molecule has 0 unspecified atom stereocenters. The van der Waals surface area contributed by atoms with Crippen LogP contribution in [0, 0.1) is 0 Å². The number of ether oxygens (including phenoxy) is 2. The van der Waals surface area contributed by atoms with E-state index in [9.17, 15) is 27.5 Å². The Labute approximate surface area is 192 Å². The molecule has 1 aliphatic heterocycles. The van der Waals surface area contributed by atoms with Gasteiger partial charge in [-0.05, 0) is 49.4 Å². The number of aliphatic hydroxyl groups is 1. The molecule has 4 rings (SSSR count). The lowest BCUT2D eigenvalue weighted by molar-refractivity contribution is -0.0498. The number of benzene rings is 2. The molecule has 6 nitrogen and oxygen atoms in total. The van der Waals surface area contributed by atoms with E-state index in [0.29, 0.717) is 22.5 Å². The fourth-order valence-corrected chi connectivity index (χ4v) is 3.71. The standard InChI is InChI=1S/C24H20F4N2O4/c1-13(31)19-10-17-18(22(29-19)16-4-2-3-5-20(16)33-12-21(25)26)11-30(23(17)32)14-6-8-15(9-7-14)34-24(27)28/h2-10,13,21,24,31H,11-12H2,1H3/t13-/m1/s1. The number of carbonyl (C=O) groups excluding carboxylic acids is 1. The van der Waals surface area contributed by atoms with Crippen LogP contribution in [0.25, 0.3) is 11.3 Å². The monoisotopic (exact) mass is 476 g/mol. The van der Waals surface area contributed by atoms with Gasteiger partial charge in [0, 0.05) is 22.4 Å². The van der Waals surface area contributed by atoms with E-state index in [0.717, 1.165) is 0 Å². The lowest BCUT2D eigenvalue weighted by Crippen LogP contribution is -2.22. The molecule has 1 atom stereocenters. The summed E-state index contributed by atoms with van der Waals surface area (Å²) in [5.41, 5.74) is 2.21. The molecule has 0 saturated heterocycles. The number of aliphatic hydroxyl groups excluding tert-OH is 1. The Morgan fingerprint density at radius 2 is 1.76 bits per heavy atom. The van der Waals surface area contributed by atoms with Crippen LogP contribution >= 0.6 is 0 Å². The number of hydrogen-bond donors (Lipinski definition) is 1. The van der Waals surface area contributed by atoms with Gasteiger partial charge in [-0.15, -0.1) is 0 Å². The summed E-state index contributed by atoms with van der Waals surface area (Å²) in [6.07, 6.45) is -3.67. The van der Waals surface area contributed by atoms with Crippen molar-refractivity contribution in [2.75, 3.05) is 11.5 Å². The minimum atomic E-state index is -2.97. The van der Waals surface area contributed by atoms with Crippen molar-refractivity contribution >= 4 is 11.6 Å². The van der Waals surface area contributed by atoms with E-state index in [4.69, 9.17) is 4.74 Å². The van der Waals surface area contributed by atoms with Crippen molar-refractivity contribution in [2.24, 2.45) is 0 Å². The number of aromatic nitrogens is 1. The van der Waals surface area contributed by atoms with Crippen LogP contribution in [0.15, 0.2) is 54.6 Å². The lowest BCUT2D eigenvalue weighted by atomic mass is 10.00. The Morgan fingerprint density at radius 1 is 1.06 bits per heavy atom. The summed E-state index contributed by atoms with van der Waals surface area (Å²) in [4.78, 5) is 19.2. The van der Waals surface area contributed by atoms with Crippen molar-refractivity contribution < 1.29 is 36.9 Å². The zero-order chi connectivity index (χ0) is 24.4. The maximum Gasteiger partial charge on any atom is 0.387 e.